The Labute approximate surface area is 277 Å². The van der Waals surface area contributed by atoms with Crippen LogP contribution < -0.4 is 0 Å². The van der Waals surface area contributed by atoms with Gasteiger partial charge in [0.1, 0.15) is 0 Å². The van der Waals surface area contributed by atoms with Gasteiger partial charge < -0.3 is 0 Å². The Morgan fingerprint density at radius 2 is 0.578 bits per heavy atom. The molecular weight excluding hydrogens is 641 g/mol. The van der Waals surface area contributed by atoms with Crippen molar-refractivity contribution in [3.8, 4) is 19.5 Å². The average Bonchev–Trinajstić information content (AvgIpc) is 3.88. The van der Waals surface area contributed by atoms with Gasteiger partial charge in [0.05, 0.1) is 0 Å². The van der Waals surface area contributed by atoms with Gasteiger partial charge in [0.2, 0.25) is 0 Å². The number of benzene rings is 6. The van der Waals surface area contributed by atoms with Crippen LogP contribution in [0.4, 0.5) is 0 Å². The number of rotatable bonds is 2. The van der Waals surface area contributed by atoms with E-state index in [-0.39, 0.29) is 0 Å². The first-order chi connectivity index (χ1) is 22.2. The van der Waals surface area contributed by atoms with Gasteiger partial charge in [-0.1, -0.05) is 48.5 Å². The highest BCUT2D eigenvalue weighted by Gasteiger charge is 2.15. The van der Waals surface area contributed by atoms with Gasteiger partial charge in [-0.05, 0) is 116 Å². The van der Waals surface area contributed by atoms with Crippen molar-refractivity contribution in [1.82, 2.24) is 0 Å². The smallest absolute Gasteiger partial charge is 0.0455 e. The molecule has 0 radical (unpaired) electrons. The van der Waals surface area contributed by atoms with E-state index in [2.05, 4.69) is 121 Å². The largest absolute Gasteiger partial charge is 0.135 e. The molecule has 0 spiro atoms. The van der Waals surface area contributed by atoms with Crippen LogP contribution in [0.1, 0.15) is 0 Å². The fraction of sp³-hybridized carbons (Fsp3) is 0. The van der Waals surface area contributed by atoms with Crippen LogP contribution in [0.5, 0.6) is 0 Å². The van der Waals surface area contributed by atoms with Crippen LogP contribution in [0.3, 0.4) is 0 Å². The molecule has 11 rings (SSSR count). The summed E-state index contributed by atoms with van der Waals surface area (Å²) in [6.45, 7) is 0. The summed E-state index contributed by atoms with van der Waals surface area (Å²) < 4.78 is 8.21. The molecule has 6 aromatic carbocycles. The third kappa shape index (κ3) is 3.86. The van der Waals surface area contributed by atoms with E-state index in [0.29, 0.717) is 0 Å². The Hall–Kier alpha value is -4.10. The minimum absolute atomic E-state index is 1.31. The number of hydrogen-bond acceptors (Lipinski definition) is 5. The van der Waals surface area contributed by atoms with E-state index >= 15 is 0 Å². The van der Waals surface area contributed by atoms with Gasteiger partial charge in [-0.15, -0.1) is 56.7 Å². The second-order valence-electron chi connectivity index (χ2n) is 11.8. The molecule has 0 bridgehead atoms. The highest BCUT2D eigenvalue weighted by molar-refractivity contribution is 7.30. The SMILES string of the molecule is c1ccc2cc3sc(-c4cc5cc6c(cc5s4)sc4cc5sc(-c7cc8cc9ccccc9cc8s7)cc5cc46)cc3cc2c1. The van der Waals surface area contributed by atoms with Crippen molar-refractivity contribution >= 4 is 139 Å². The summed E-state index contributed by atoms with van der Waals surface area (Å²) in [5.74, 6) is 0. The molecule has 0 N–H and O–H groups in total. The Morgan fingerprint density at radius 3 is 0.978 bits per heavy atom. The first-order valence-electron chi connectivity index (χ1n) is 14.9. The molecule has 210 valence electrons. The molecule has 0 saturated carbocycles. The van der Waals surface area contributed by atoms with Crippen LogP contribution in [0.25, 0.3) is 102 Å². The van der Waals surface area contributed by atoms with Crippen molar-refractivity contribution < 1.29 is 0 Å². The van der Waals surface area contributed by atoms with E-state index in [1.54, 1.807) is 0 Å². The Bertz CT molecular complexity index is 2680. The molecule has 0 saturated heterocycles. The lowest BCUT2D eigenvalue weighted by Crippen LogP contribution is -1.70. The van der Waals surface area contributed by atoms with Crippen molar-refractivity contribution in [2.24, 2.45) is 0 Å². The van der Waals surface area contributed by atoms with Crippen LogP contribution in [0.2, 0.25) is 0 Å². The number of fused-ring (bicyclic) bond motifs is 9. The quantitative estimate of drug-likeness (QED) is 0.173. The van der Waals surface area contributed by atoms with Crippen molar-refractivity contribution in [3.63, 3.8) is 0 Å². The van der Waals surface area contributed by atoms with Crippen LogP contribution in [-0.2, 0) is 0 Å². The number of thiophene rings is 5. The molecule has 45 heavy (non-hydrogen) atoms. The minimum Gasteiger partial charge on any atom is -0.135 e. The second kappa shape index (κ2) is 9.23. The van der Waals surface area contributed by atoms with Gasteiger partial charge in [-0.25, -0.2) is 0 Å². The fourth-order valence-electron chi connectivity index (χ4n) is 6.79. The van der Waals surface area contributed by atoms with Crippen molar-refractivity contribution in [2.75, 3.05) is 0 Å². The fourth-order valence-corrected chi connectivity index (χ4v) is 12.6. The molecule has 0 nitrogen and oxygen atoms in total. The molecule has 0 fully saturated rings. The molecule has 5 aromatic heterocycles. The van der Waals surface area contributed by atoms with Gasteiger partial charge in [0.15, 0.2) is 0 Å². The lowest BCUT2D eigenvalue weighted by atomic mass is 10.1. The van der Waals surface area contributed by atoms with Crippen molar-refractivity contribution in [1.29, 1.82) is 0 Å². The molecule has 0 amide bonds. The first-order valence-corrected chi connectivity index (χ1v) is 19.0. The monoisotopic (exact) mass is 660 g/mol. The Morgan fingerprint density at radius 1 is 0.244 bits per heavy atom. The predicted molar refractivity (Wildman–Crippen MR) is 207 cm³/mol. The van der Waals surface area contributed by atoms with Gasteiger partial charge in [0, 0.05) is 58.5 Å². The Kier molecular flexibility index (Phi) is 5.15. The normalized spacial score (nSPS) is 12.4. The molecule has 0 atom stereocenters. The van der Waals surface area contributed by atoms with E-state index in [9.17, 15) is 0 Å². The lowest BCUT2D eigenvalue weighted by Gasteiger charge is -1.96. The minimum atomic E-state index is 1.31. The molecule has 0 aliphatic rings. The average molecular weight is 661 g/mol. The maximum atomic E-state index is 2.43. The molecule has 0 aliphatic heterocycles. The summed E-state index contributed by atoms with van der Waals surface area (Å²) >= 11 is 9.59. The molecular formula is C40H20S5. The van der Waals surface area contributed by atoms with Crippen LogP contribution >= 0.6 is 56.7 Å². The summed E-state index contributed by atoms with van der Waals surface area (Å²) in [5, 5.41) is 13.3. The summed E-state index contributed by atoms with van der Waals surface area (Å²) in [7, 11) is 0. The molecule has 0 unspecified atom stereocenters. The van der Waals surface area contributed by atoms with Gasteiger partial charge in [-0.3, -0.25) is 0 Å². The van der Waals surface area contributed by atoms with Gasteiger partial charge in [0.25, 0.3) is 0 Å². The van der Waals surface area contributed by atoms with E-state index < -0.39 is 0 Å². The van der Waals surface area contributed by atoms with Gasteiger partial charge in [-0.2, -0.15) is 0 Å². The Balaban J connectivity index is 1.01. The van der Waals surface area contributed by atoms with Gasteiger partial charge >= 0.3 is 0 Å². The summed E-state index contributed by atoms with van der Waals surface area (Å²) in [6, 6.07) is 45.9. The predicted octanol–water partition coefficient (Wildman–Crippen LogP) is 14.6. The van der Waals surface area contributed by atoms with Crippen LogP contribution in [0, 0.1) is 0 Å². The van der Waals surface area contributed by atoms with Crippen LogP contribution in [0.15, 0.2) is 121 Å². The molecule has 0 aliphatic carbocycles. The topological polar surface area (TPSA) is 0 Å². The van der Waals surface area contributed by atoms with E-state index in [4.69, 9.17) is 0 Å². The summed E-state index contributed by atoms with van der Waals surface area (Å²) in [4.78, 5) is 5.43. The molecule has 11 aromatic rings. The maximum absolute atomic E-state index is 2.43. The third-order valence-corrected chi connectivity index (χ3v) is 14.9. The van der Waals surface area contributed by atoms with E-state index in [1.165, 1.54) is 102 Å². The van der Waals surface area contributed by atoms with Crippen LogP contribution in [-0.4, -0.2) is 0 Å². The van der Waals surface area contributed by atoms with E-state index in [1.807, 2.05) is 56.7 Å². The van der Waals surface area contributed by atoms with Crippen molar-refractivity contribution in [2.45, 2.75) is 0 Å². The molecule has 5 heterocycles. The summed E-state index contributed by atoms with van der Waals surface area (Å²) in [5.41, 5.74) is 0. The number of hydrogen-bond donors (Lipinski definition) is 0. The standard InChI is InChI=1S/C40H20S5/c1-3-7-23-13-31-25(9-21(23)5-1)15-37(41-31)39-17-27-11-29-30-12-28-18-40(44-34(28)20-36(30)45-35(29)19-33(27)43-39)38-16-26-10-22-6-2-4-8-24(22)14-32(26)42-38/h1-20H. The molecule has 5 heteroatoms. The third-order valence-electron chi connectivity index (χ3n) is 9.00. The first kappa shape index (κ1) is 25.1. The zero-order valence-electron chi connectivity index (χ0n) is 23.6. The zero-order chi connectivity index (χ0) is 29.2. The maximum Gasteiger partial charge on any atom is 0.0455 e. The van der Waals surface area contributed by atoms with Crippen molar-refractivity contribution in [3.05, 3.63) is 121 Å². The van der Waals surface area contributed by atoms with E-state index in [0.717, 1.165) is 0 Å². The zero-order valence-corrected chi connectivity index (χ0v) is 27.7. The lowest BCUT2D eigenvalue weighted by molar-refractivity contribution is 1.81. The highest BCUT2D eigenvalue weighted by atomic mass is 32.1. The summed E-state index contributed by atoms with van der Waals surface area (Å²) in [6.07, 6.45) is 0. The second-order valence-corrected chi connectivity index (χ2v) is 17.2. The highest BCUT2D eigenvalue weighted by Crippen LogP contribution is 2.47.